The molecular formula is C17H14ClN7OS2. The predicted molar refractivity (Wildman–Crippen MR) is 110 cm³/mol. The van der Waals surface area contributed by atoms with Gasteiger partial charge in [0.1, 0.15) is 12.7 Å². The zero-order chi connectivity index (χ0) is 19.5. The SMILES string of the molecule is Cn1c(SCC(=O)Nc2cc(Cl)ccc2-n2cncn2)nnc1-c1cccs1. The molecule has 3 aromatic heterocycles. The van der Waals surface area contributed by atoms with Crippen LogP contribution in [0.5, 0.6) is 0 Å². The summed E-state index contributed by atoms with van der Waals surface area (Å²) in [5.74, 6) is 0.773. The molecule has 1 N–H and O–H groups in total. The van der Waals surface area contributed by atoms with E-state index in [0.717, 1.165) is 10.7 Å². The van der Waals surface area contributed by atoms with Crippen LogP contribution in [0.2, 0.25) is 5.02 Å². The highest BCUT2D eigenvalue weighted by molar-refractivity contribution is 7.99. The number of nitrogens with one attached hydrogen (secondary N) is 1. The van der Waals surface area contributed by atoms with E-state index in [9.17, 15) is 4.79 Å². The lowest BCUT2D eigenvalue weighted by molar-refractivity contribution is -0.113. The zero-order valence-corrected chi connectivity index (χ0v) is 17.0. The van der Waals surface area contributed by atoms with Gasteiger partial charge < -0.3 is 9.88 Å². The maximum Gasteiger partial charge on any atom is 0.234 e. The van der Waals surface area contributed by atoms with Crippen molar-refractivity contribution in [1.82, 2.24) is 29.5 Å². The number of amides is 1. The molecule has 0 aliphatic carbocycles. The van der Waals surface area contributed by atoms with Gasteiger partial charge in [0.2, 0.25) is 5.91 Å². The molecule has 4 rings (SSSR count). The fourth-order valence-corrected chi connectivity index (χ4v) is 4.15. The number of thiophene rings is 1. The third kappa shape index (κ3) is 3.93. The molecule has 0 fully saturated rings. The fraction of sp³-hybridized carbons (Fsp3) is 0.118. The molecule has 0 unspecified atom stereocenters. The molecule has 0 aliphatic rings. The maximum atomic E-state index is 12.5. The standard InChI is InChI=1S/C17H14ClN7OS2/c1-24-16(14-3-2-6-27-14)22-23-17(24)28-8-15(26)21-12-7-11(18)4-5-13(12)25-10-19-9-20-25/h2-7,9-10H,8H2,1H3,(H,21,26). The number of rotatable bonds is 6. The average molecular weight is 432 g/mol. The highest BCUT2D eigenvalue weighted by atomic mass is 35.5. The predicted octanol–water partition coefficient (Wildman–Crippen LogP) is 3.51. The van der Waals surface area contributed by atoms with Crippen molar-refractivity contribution in [2.75, 3.05) is 11.1 Å². The molecule has 3 heterocycles. The smallest absolute Gasteiger partial charge is 0.234 e. The van der Waals surface area contributed by atoms with Crippen molar-refractivity contribution in [2.24, 2.45) is 7.05 Å². The number of benzene rings is 1. The van der Waals surface area contributed by atoms with Gasteiger partial charge >= 0.3 is 0 Å². The van der Waals surface area contributed by atoms with E-state index in [-0.39, 0.29) is 11.7 Å². The van der Waals surface area contributed by atoms with E-state index >= 15 is 0 Å². The summed E-state index contributed by atoms with van der Waals surface area (Å²) in [6.07, 6.45) is 2.98. The topological polar surface area (TPSA) is 90.5 Å². The summed E-state index contributed by atoms with van der Waals surface area (Å²) in [7, 11) is 1.88. The number of aromatic nitrogens is 6. The molecular weight excluding hydrogens is 418 g/mol. The second kappa shape index (κ2) is 8.13. The summed E-state index contributed by atoms with van der Waals surface area (Å²) < 4.78 is 3.44. The Hall–Kier alpha value is -2.69. The van der Waals surface area contributed by atoms with Crippen LogP contribution in [0.3, 0.4) is 0 Å². The van der Waals surface area contributed by atoms with E-state index in [1.165, 1.54) is 18.1 Å². The van der Waals surface area contributed by atoms with Gasteiger partial charge in [0.25, 0.3) is 0 Å². The first-order valence-corrected chi connectivity index (χ1v) is 10.4. The van der Waals surface area contributed by atoms with Crippen molar-refractivity contribution in [3.05, 3.63) is 53.4 Å². The van der Waals surface area contributed by atoms with Crippen LogP contribution >= 0.6 is 34.7 Å². The van der Waals surface area contributed by atoms with Crippen LogP contribution < -0.4 is 5.32 Å². The summed E-state index contributed by atoms with van der Waals surface area (Å²) in [5, 5.41) is 18.5. The summed E-state index contributed by atoms with van der Waals surface area (Å²) in [6.45, 7) is 0. The van der Waals surface area contributed by atoms with Crippen LogP contribution in [-0.2, 0) is 11.8 Å². The van der Waals surface area contributed by atoms with Gasteiger partial charge in [0.15, 0.2) is 11.0 Å². The highest BCUT2D eigenvalue weighted by Crippen LogP contribution is 2.27. The monoisotopic (exact) mass is 431 g/mol. The molecule has 0 radical (unpaired) electrons. The highest BCUT2D eigenvalue weighted by Gasteiger charge is 2.15. The average Bonchev–Trinajstić information content (AvgIpc) is 3.42. The fourth-order valence-electron chi connectivity index (χ4n) is 2.52. The number of thioether (sulfide) groups is 1. The number of nitrogens with zero attached hydrogens (tertiary/aromatic N) is 6. The van der Waals surface area contributed by atoms with E-state index in [0.29, 0.717) is 21.6 Å². The van der Waals surface area contributed by atoms with E-state index in [2.05, 4.69) is 25.6 Å². The molecule has 0 atom stereocenters. The zero-order valence-electron chi connectivity index (χ0n) is 14.6. The van der Waals surface area contributed by atoms with Gasteiger partial charge in [-0.2, -0.15) is 5.10 Å². The molecule has 11 heteroatoms. The number of anilines is 1. The van der Waals surface area contributed by atoms with Crippen LogP contribution in [0.4, 0.5) is 5.69 Å². The Morgan fingerprint density at radius 1 is 1.32 bits per heavy atom. The molecule has 0 saturated heterocycles. The van der Waals surface area contributed by atoms with Gasteiger partial charge in [-0.1, -0.05) is 29.4 Å². The van der Waals surface area contributed by atoms with Crippen LogP contribution in [0.1, 0.15) is 0 Å². The minimum atomic E-state index is -0.186. The quantitative estimate of drug-likeness (QED) is 0.470. The Labute approximate surface area is 173 Å². The molecule has 0 spiro atoms. The van der Waals surface area contributed by atoms with E-state index in [4.69, 9.17) is 11.6 Å². The van der Waals surface area contributed by atoms with Gasteiger partial charge in [-0.3, -0.25) is 4.79 Å². The van der Waals surface area contributed by atoms with Gasteiger partial charge in [0, 0.05) is 12.1 Å². The molecule has 1 amide bonds. The van der Waals surface area contributed by atoms with Crippen molar-refractivity contribution in [2.45, 2.75) is 5.16 Å². The van der Waals surface area contributed by atoms with E-state index in [1.807, 2.05) is 29.1 Å². The van der Waals surface area contributed by atoms with Crippen LogP contribution in [0.15, 0.2) is 53.5 Å². The molecule has 0 bridgehead atoms. The molecule has 28 heavy (non-hydrogen) atoms. The normalized spacial score (nSPS) is 10.9. The second-order valence-corrected chi connectivity index (χ2v) is 8.01. The first-order chi connectivity index (χ1) is 13.6. The summed E-state index contributed by atoms with van der Waals surface area (Å²) in [6, 6.07) is 9.13. The minimum absolute atomic E-state index is 0.180. The summed E-state index contributed by atoms with van der Waals surface area (Å²) in [5.41, 5.74) is 1.24. The van der Waals surface area contributed by atoms with Crippen LogP contribution in [0.25, 0.3) is 16.4 Å². The maximum absolute atomic E-state index is 12.5. The van der Waals surface area contributed by atoms with Crippen molar-refractivity contribution in [3.8, 4) is 16.4 Å². The van der Waals surface area contributed by atoms with E-state index in [1.54, 1.807) is 40.5 Å². The lowest BCUT2D eigenvalue weighted by Gasteiger charge is -2.11. The van der Waals surface area contributed by atoms with E-state index < -0.39 is 0 Å². The molecule has 8 nitrogen and oxygen atoms in total. The second-order valence-electron chi connectivity index (χ2n) is 5.68. The number of hydrogen-bond donors (Lipinski definition) is 1. The lowest BCUT2D eigenvalue weighted by atomic mass is 10.2. The van der Waals surface area contributed by atoms with Crippen LogP contribution in [0, 0.1) is 0 Å². The Kier molecular flexibility index (Phi) is 5.42. The summed E-state index contributed by atoms with van der Waals surface area (Å²) in [4.78, 5) is 17.5. The minimum Gasteiger partial charge on any atom is -0.323 e. The van der Waals surface area contributed by atoms with Crippen LogP contribution in [-0.4, -0.2) is 41.2 Å². The molecule has 0 saturated carbocycles. The Morgan fingerprint density at radius 2 is 2.21 bits per heavy atom. The van der Waals surface area contributed by atoms with Gasteiger partial charge in [0.05, 0.1) is 22.0 Å². The van der Waals surface area contributed by atoms with Crippen molar-refractivity contribution in [3.63, 3.8) is 0 Å². The molecule has 1 aromatic carbocycles. The van der Waals surface area contributed by atoms with Crippen molar-refractivity contribution < 1.29 is 4.79 Å². The summed E-state index contributed by atoms with van der Waals surface area (Å²) >= 11 is 8.99. The Balaban J connectivity index is 1.46. The first kappa shape index (κ1) is 18.7. The Bertz CT molecular complexity index is 1090. The molecule has 4 aromatic rings. The largest absolute Gasteiger partial charge is 0.323 e. The molecule has 142 valence electrons. The third-order valence-electron chi connectivity index (χ3n) is 3.81. The van der Waals surface area contributed by atoms with Gasteiger partial charge in [-0.05, 0) is 29.6 Å². The number of halogens is 1. The van der Waals surface area contributed by atoms with Gasteiger partial charge in [-0.25, -0.2) is 9.67 Å². The lowest BCUT2D eigenvalue weighted by Crippen LogP contribution is -2.16. The Morgan fingerprint density at radius 3 is 2.96 bits per heavy atom. The number of carbonyl (C=O) groups excluding carboxylic acids is 1. The van der Waals surface area contributed by atoms with Crippen molar-refractivity contribution in [1.29, 1.82) is 0 Å². The van der Waals surface area contributed by atoms with Gasteiger partial charge in [-0.15, -0.1) is 21.5 Å². The number of hydrogen-bond acceptors (Lipinski definition) is 7. The molecule has 0 aliphatic heterocycles. The first-order valence-electron chi connectivity index (χ1n) is 8.12. The third-order valence-corrected chi connectivity index (χ3v) is 5.93. The number of carbonyl (C=O) groups is 1. The van der Waals surface area contributed by atoms with Crippen molar-refractivity contribution >= 4 is 46.3 Å².